The Bertz CT molecular complexity index is 156. The molecule has 0 aliphatic rings. The van der Waals surface area contributed by atoms with Crippen molar-refractivity contribution in [3.05, 3.63) is 0 Å². The van der Waals surface area contributed by atoms with Crippen LogP contribution in [0.2, 0.25) is 5.04 Å². The van der Waals surface area contributed by atoms with Gasteiger partial charge in [0, 0.05) is 15.0 Å². The van der Waals surface area contributed by atoms with Crippen LogP contribution in [0.4, 0.5) is 0 Å². The predicted octanol–water partition coefficient (Wildman–Crippen LogP) is 3.50. The van der Waals surface area contributed by atoms with Crippen molar-refractivity contribution in [2.24, 2.45) is 5.92 Å². The highest BCUT2D eigenvalue weighted by Gasteiger charge is 2.22. The molecule has 0 N–H and O–H groups in total. The second kappa shape index (κ2) is 5.60. The summed E-state index contributed by atoms with van der Waals surface area (Å²) >= 11 is 2.14. The van der Waals surface area contributed by atoms with Gasteiger partial charge in [-0.05, 0) is 23.1 Å². The van der Waals surface area contributed by atoms with Crippen molar-refractivity contribution in [3.8, 4) is 0 Å². The average molecular weight is 233 g/mol. The zero-order valence-electron chi connectivity index (χ0n) is 11.1. The van der Waals surface area contributed by atoms with Gasteiger partial charge in [-0.25, -0.2) is 0 Å². The average Bonchev–Trinajstić information content (AvgIpc) is 1.96. The standard InChI is InChI=1S/C12H28SSi/c1-10(2)12(5,6)13-9-7-8-11(3,4)14/h10H,7-9H2,1-6,14H3. The minimum absolute atomic E-state index is 0.454. The highest BCUT2D eigenvalue weighted by atomic mass is 32.2. The normalized spacial score (nSPS) is 13.9. The van der Waals surface area contributed by atoms with Gasteiger partial charge >= 0.3 is 0 Å². The molecule has 0 bridgehead atoms. The number of hydrogen-bond acceptors (Lipinski definition) is 1. The number of rotatable bonds is 6. The number of hydrogen-bond donors (Lipinski definition) is 0. The highest BCUT2D eigenvalue weighted by molar-refractivity contribution is 8.00. The van der Waals surface area contributed by atoms with Gasteiger partial charge in [0.25, 0.3) is 0 Å². The molecule has 0 unspecified atom stereocenters. The van der Waals surface area contributed by atoms with Crippen LogP contribution in [-0.2, 0) is 0 Å². The summed E-state index contributed by atoms with van der Waals surface area (Å²) in [6.45, 7) is 14.2. The third kappa shape index (κ3) is 6.94. The van der Waals surface area contributed by atoms with Crippen LogP contribution in [0.1, 0.15) is 54.4 Å². The largest absolute Gasteiger partial charge is 0.155 e. The van der Waals surface area contributed by atoms with Gasteiger partial charge in [-0.3, -0.25) is 0 Å². The van der Waals surface area contributed by atoms with Gasteiger partial charge in [-0.2, -0.15) is 11.8 Å². The van der Waals surface area contributed by atoms with Crippen LogP contribution in [0.25, 0.3) is 0 Å². The van der Waals surface area contributed by atoms with Crippen molar-refractivity contribution in [1.29, 1.82) is 0 Å². The molecule has 0 nitrogen and oxygen atoms in total. The summed E-state index contributed by atoms with van der Waals surface area (Å²) in [7, 11) is 1.32. The molecule has 0 radical (unpaired) electrons. The summed E-state index contributed by atoms with van der Waals surface area (Å²) in [6.07, 6.45) is 2.79. The lowest BCUT2D eigenvalue weighted by atomic mass is 10.00. The van der Waals surface area contributed by atoms with E-state index in [0.29, 0.717) is 9.79 Å². The first-order valence-corrected chi connectivity index (χ1v) is 7.78. The molecule has 0 fully saturated rings. The second-order valence-electron chi connectivity index (χ2n) is 6.27. The minimum Gasteiger partial charge on any atom is -0.155 e. The van der Waals surface area contributed by atoms with E-state index in [4.69, 9.17) is 0 Å². The Morgan fingerprint density at radius 2 is 1.64 bits per heavy atom. The minimum atomic E-state index is 0.454. The van der Waals surface area contributed by atoms with Crippen LogP contribution >= 0.6 is 11.8 Å². The van der Waals surface area contributed by atoms with Crippen molar-refractivity contribution < 1.29 is 0 Å². The van der Waals surface area contributed by atoms with E-state index in [1.165, 1.54) is 28.8 Å². The van der Waals surface area contributed by atoms with Crippen molar-refractivity contribution in [3.63, 3.8) is 0 Å². The van der Waals surface area contributed by atoms with Crippen LogP contribution in [0, 0.1) is 5.92 Å². The summed E-state index contributed by atoms with van der Waals surface area (Å²) < 4.78 is 0.454. The van der Waals surface area contributed by atoms with Crippen LogP contribution in [0.5, 0.6) is 0 Å². The van der Waals surface area contributed by atoms with Gasteiger partial charge in [0.1, 0.15) is 0 Å². The Labute approximate surface area is 98.0 Å². The summed E-state index contributed by atoms with van der Waals surface area (Å²) in [5.41, 5.74) is 0. The quantitative estimate of drug-likeness (QED) is 0.499. The van der Waals surface area contributed by atoms with Crippen molar-refractivity contribution in [2.75, 3.05) is 5.75 Å². The van der Waals surface area contributed by atoms with E-state index in [0.717, 1.165) is 5.92 Å². The fourth-order valence-corrected chi connectivity index (χ4v) is 2.61. The smallest absolute Gasteiger partial charge is 0.0126 e. The summed E-state index contributed by atoms with van der Waals surface area (Å²) in [6, 6.07) is 0. The molecule has 0 spiro atoms. The maximum atomic E-state index is 2.39. The lowest BCUT2D eigenvalue weighted by Gasteiger charge is -2.29. The maximum absolute atomic E-state index is 2.39. The number of thioether (sulfide) groups is 1. The molecule has 0 rings (SSSR count). The van der Waals surface area contributed by atoms with Crippen molar-refractivity contribution in [2.45, 2.75) is 64.2 Å². The molecule has 0 aromatic carbocycles. The summed E-state index contributed by atoms with van der Waals surface area (Å²) in [5.74, 6) is 2.10. The monoisotopic (exact) mass is 232 g/mol. The first kappa shape index (κ1) is 14.6. The fourth-order valence-electron chi connectivity index (χ4n) is 1.10. The molecule has 0 saturated carbocycles. The molecular weight excluding hydrogens is 204 g/mol. The Morgan fingerprint density at radius 1 is 1.14 bits per heavy atom. The van der Waals surface area contributed by atoms with Gasteiger partial charge in [0.15, 0.2) is 0 Å². The van der Waals surface area contributed by atoms with Crippen LogP contribution in [0.15, 0.2) is 0 Å². The predicted molar refractivity (Wildman–Crippen MR) is 74.6 cm³/mol. The third-order valence-electron chi connectivity index (χ3n) is 2.94. The lowest BCUT2D eigenvalue weighted by Crippen LogP contribution is -2.23. The van der Waals surface area contributed by atoms with Crippen LogP contribution in [0.3, 0.4) is 0 Å². The van der Waals surface area contributed by atoms with E-state index < -0.39 is 0 Å². The Kier molecular flexibility index (Phi) is 5.82. The molecule has 0 aromatic heterocycles. The van der Waals surface area contributed by atoms with Gasteiger partial charge in [0.05, 0.1) is 0 Å². The van der Waals surface area contributed by atoms with Gasteiger partial charge in [-0.1, -0.05) is 48.0 Å². The molecule has 0 saturated heterocycles. The Morgan fingerprint density at radius 3 is 2.00 bits per heavy atom. The molecule has 86 valence electrons. The maximum Gasteiger partial charge on any atom is 0.0126 e. The first-order valence-electron chi connectivity index (χ1n) is 5.79. The molecule has 0 amide bonds. The van der Waals surface area contributed by atoms with Crippen LogP contribution < -0.4 is 0 Å². The Balaban J connectivity index is 3.65. The topological polar surface area (TPSA) is 0 Å². The summed E-state index contributed by atoms with van der Waals surface area (Å²) in [5, 5.41) is 0.641. The highest BCUT2D eigenvalue weighted by Crippen LogP contribution is 2.34. The lowest BCUT2D eigenvalue weighted by molar-refractivity contribution is 0.502. The van der Waals surface area contributed by atoms with Gasteiger partial charge in [-0.15, -0.1) is 0 Å². The van der Waals surface area contributed by atoms with E-state index in [9.17, 15) is 0 Å². The molecule has 0 heterocycles. The zero-order valence-corrected chi connectivity index (χ0v) is 13.9. The van der Waals surface area contributed by atoms with E-state index in [1.54, 1.807) is 0 Å². The van der Waals surface area contributed by atoms with Gasteiger partial charge < -0.3 is 0 Å². The van der Waals surface area contributed by atoms with Crippen LogP contribution in [-0.4, -0.2) is 20.7 Å². The van der Waals surface area contributed by atoms with Gasteiger partial charge in [0.2, 0.25) is 0 Å². The molecule has 0 atom stereocenters. The molecule has 0 aromatic rings. The van der Waals surface area contributed by atoms with E-state index in [-0.39, 0.29) is 0 Å². The second-order valence-corrected chi connectivity index (χ2v) is 10.7. The SMILES string of the molecule is CC(C)C(C)(C)SCCCC(C)(C)[SiH3]. The van der Waals surface area contributed by atoms with E-state index >= 15 is 0 Å². The third-order valence-corrected chi connectivity index (χ3v) is 5.14. The first-order chi connectivity index (χ1) is 6.15. The summed E-state index contributed by atoms with van der Waals surface area (Å²) in [4.78, 5) is 0. The van der Waals surface area contributed by atoms with Crippen molar-refractivity contribution in [1.82, 2.24) is 0 Å². The Hall–Kier alpha value is 0.567. The molecular formula is C12H28SSi. The zero-order chi connectivity index (χ0) is 11.4. The van der Waals surface area contributed by atoms with Crippen molar-refractivity contribution >= 4 is 22.0 Å². The fraction of sp³-hybridized carbons (Fsp3) is 1.00. The van der Waals surface area contributed by atoms with E-state index in [1.807, 2.05) is 0 Å². The molecule has 2 heteroatoms. The molecule has 0 aliphatic carbocycles. The van der Waals surface area contributed by atoms with E-state index in [2.05, 4.69) is 53.3 Å². The molecule has 0 aliphatic heterocycles. The molecule has 14 heavy (non-hydrogen) atoms.